The monoisotopic (exact) mass is 578 g/mol. The minimum atomic E-state index is -1.19. The molecule has 0 fully saturated rings. The number of Topliss-reactive ketones (excluding diaryl/α,β-unsaturated/α-hetero) is 1. The molecule has 0 spiro atoms. The van der Waals surface area contributed by atoms with E-state index in [1.54, 1.807) is 36.4 Å². The molecule has 1 aliphatic heterocycles. The van der Waals surface area contributed by atoms with Crippen LogP contribution in [0, 0.1) is 12.7 Å². The molecular formula is C34H31FN4O4. The van der Waals surface area contributed by atoms with Crippen LogP contribution in [-0.4, -0.2) is 49.0 Å². The van der Waals surface area contributed by atoms with Gasteiger partial charge in [-0.25, -0.2) is 4.39 Å². The second-order valence-electron chi connectivity index (χ2n) is 10.6. The van der Waals surface area contributed by atoms with Gasteiger partial charge in [-0.3, -0.25) is 24.1 Å². The van der Waals surface area contributed by atoms with Crippen LogP contribution in [0.5, 0.6) is 0 Å². The number of anilines is 3. The zero-order chi connectivity index (χ0) is 30.7. The van der Waals surface area contributed by atoms with E-state index in [0.717, 1.165) is 21.7 Å². The Kier molecular flexibility index (Phi) is 8.34. The first-order chi connectivity index (χ1) is 20.6. The molecule has 9 heteroatoms. The van der Waals surface area contributed by atoms with Crippen molar-refractivity contribution in [3.05, 3.63) is 125 Å². The van der Waals surface area contributed by atoms with Crippen molar-refractivity contribution in [2.24, 2.45) is 0 Å². The number of benzene rings is 4. The summed E-state index contributed by atoms with van der Waals surface area (Å²) in [6.07, 6.45) is 0. The summed E-state index contributed by atoms with van der Waals surface area (Å²) in [6, 6.07) is 25.4. The lowest BCUT2D eigenvalue weighted by molar-refractivity contribution is -0.139. The third-order valence-electron chi connectivity index (χ3n) is 7.49. The van der Waals surface area contributed by atoms with Crippen molar-refractivity contribution in [1.29, 1.82) is 0 Å². The van der Waals surface area contributed by atoms with Crippen molar-refractivity contribution in [2.45, 2.75) is 19.5 Å². The molecule has 0 radical (unpaired) electrons. The van der Waals surface area contributed by atoms with E-state index < -0.39 is 41.9 Å². The number of para-hydroxylation sites is 1. The Labute approximate surface area is 249 Å². The summed E-state index contributed by atoms with van der Waals surface area (Å²) in [7, 11) is 3.81. The number of nitrogens with one attached hydrogen (secondary N) is 1. The van der Waals surface area contributed by atoms with Gasteiger partial charge in [0.05, 0.1) is 11.3 Å². The number of carbonyl (C=O) groups is 4. The lowest BCUT2D eigenvalue weighted by Crippen LogP contribution is -2.46. The van der Waals surface area contributed by atoms with Gasteiger partial charge >= 0.3 is 0 Å². The predicted octanol–water partition coefficient (Wildman–Crippen LogP) is 5.14. The van der Waals surface area contributed by atoms with E-state index >= 15 is 0 Å². The first-order valence-electron chi connectivity index (χ1n) is 13.8. The molecule has 1 atom stereocenters. The van der Waals surface area contributed by atoms with Crippen LogP contribution in [0.15, 0.2) is 97.1 Å². The number of hydrogen-bond donors (Lipinski definition) is 1. The lowest BCUT2D eigenvalue weighted by atomic mass is 10.0. The summed E-state index contributed by atoms with van der Waals surface area (Å²) in [4.78, 5) is 58.3. The fourth-order valence-corrected chi connectivity index (χ4v) is 5.10. The predicted molar refractivity (Wildman–Crippen MR) is 163 cm³/mol. The Hall–Kier alpha value is -5.31. The van der Waals surface area contributed by atoms with Crippen LogP contribution in [0.4, 0.5) is 21.5 Å². The number of amides is 3. The smallest absolute Gasteiger partial charge is 0.299 e. The molecule has 0 saturated heterocycles. The maximum atomic E-state index is 14.2. The summed E-state index contributed by atoms with van der Waals surface area (Å²) in [6.45, 7) is 1.46. The highest BCUT2D eigenvalue weighted by atomic mass is 19.1. The highest BCUT2D eigenvalue weighted by Crippen LogP contribution is 2.31. The molecule has 43 heavy (non-hydrogen) atoms. The van der Waals surface area contributed by atoms with Crippen molar-refractivity contribution >= 4 is 40.6 Å². The summed E-state index contributed by atoms with van der Waals surface area (Å²) in [5.41, 5.74) is 4.08. The van der Waals surface area contributed by atoms with Crippen LogP contribution >= 0.6 is 0 Å². The molecule has 0 bridgehead atoms. The third-order valence-corrected chi connectivity index (χ3v) is 7.49. The van der Waals surface area contributed by atoms with Gasteiger partial charge in [-0.15, -0.1) is 0 Å². The lowest BCUT2D eigenvalue weighted by Gasteiger charge is -2.33. The van der Waals surface area contributed by atoms with Crippen LogP contribution in [0.3, 0.4) is 0 Å². The number of hydrogen-bond acceptors (Lipinski definition) is 5. The molecule has 0 aromatic heterocycles. The van der Waals surface area contributed by atoms with Gasteiger partial charge in [0.15, 0.2) is 0 Å². The topological polar surface area (TPSA) is 90.0 Å². The molecule has 0 saturated carbocycles. The minimum absolute atomic E-state index is 0.0260. The molecule has 1 unspecified atom stereocenters. The highest BCUT2D eigenvalue weighted by Gasteiger charge is 2.39. The first kappa shape index (κ1) is 29.2. The number of halogens is 1. The number of rotatable bonds is 9. The Balaban J connectivity index is 1.55. The van der Waals surface area contributed by atoms with Gasteiger partial charge in [0.2, 0.25) is 5.91 Å². The van der Waals surface area contributed by atoms with Gasteiger partial charge in [-0.1, -0.05) is 48.5 Å². The van der Waals surface area contributed by atoms with E-state index in [0.29, 0.717) is 16.9 Å². The Morgan fingerprint density at radius 1 is 0.860 bits per heavy atom. The summed E-state index contributed by atoms with van der Waals surface area (Å²) < 4.78 is 14.0. The quantitative estimate of drug-likeness (QED) is 0.278. The molecule has 8 nitrogen and oxygen atoms in total. The average Bonchev–Trinajstić information content (AvgIpc) is 3.23. The van der Waals surface area contributed by atoms with Crippen molar-refractivity contribution in [3.8, 4) is 0 Å². The molecule has 0 aliphatic carbocycles. The van der Waals surface area contributed by atoms with Gasteiger partial charge in [0.1, 0.15) is 18.4 Å². The van der Waals surface area contributed by atoms with Gasteiger partial charge in [-0.2, -0.15) is 0 Å². The standard InChI is InChI=1S/C34H31FN4O4/c1-22-8-4-5-9-24(22)20-39(30(40)21-38-29-11-7-6-10-28(29)32(41)34(38)43)31(23-12-14-25(35)15-13-23)33(42)36-26-16-18-27(19-17-26)37(2)3/h4-19,31H,20-21H2,1-3H3,(H,36,42). The second kappa shape index (κ2) is 12.3. The number of ketones is 1. The van der Waals surface area contributed by atoms with Crippen LogP contribution < -0.4 is 15.1 Å². The number of fused-ring (bicyclic) bond motifs is 1. The van der Waals surface area contributed by atoms with E-state index in [-0.39, 0.29) is 12.1 Å². The van der Waals surface area contributed by atoms with Crippen molar-refractivity contribution in [3.63, 3.8) is 0 Å². The molecule has 1 N–H and O–H groups in total. The Morgan fingerprint density at radius 2 is 1.51 bits per heavy atom. The maximum Gasteiger partial charge on any atom is 0.299 e. The maximum absolute atomic E-state index is 14.2. The van der Waals surface area contributed by atoms with E-state index in [1.807, 2.05) is 62.3 Å². The molecule has 5 rings (SSSR count). The number of aryl methyl sites for hydroxylation is 1. The van der Waals surface area contributed by atoms with E-state index in [4.69, 9.17) is 0 Å². The van der Waals surface area contributed by atoms with Gasteiger partial charge < -0.3 is 15.1 Å². The molecule has 4 aromatic rings. The van der Waals surface area contributed by atoms with Crippen LogP contribution in [0.2, 0.25) is 0 Å². The minimum Gasteiger partial charge on any atom is -0.378 e. The van der Waals surface area contributed by atoms with Crippen molar-refractivity contribution in [2.75, 3.05) is 35.8 Å². The van der Waals surface area contributed by atoms with Crippen LogP contribution in [-0.2, 0) is 20.9 Å². The van der Waals surface area contributed by atoms with Gasteiger partial charge in [0.25, 0.3) is 17.6 Å². The Bertz CT molecular complexity index is 1690. The second-order valence-corrected chi connectivity index (χ2v) is 10.6. The normalized spacial score (nSPS) is 13.0. The summed E-state index contributed by atoms with van der Waals surface area (Å²) in [5, 5.41) is 2.90. The van der Waals surface area contributed by atoms with E-state index in [1.165, 1.54) is 29.2 Å². The molecule has 1 heterocycles. The number of carbonyl (C=O) groups excluding carboxylic acids is 4. The third kappa shape index (κ3) is 6.16. The summed E-state index contributed by atoms with van der Waals surface area (Å²) in [5.74, 6) is -3.07. The molecule has 3 amide bonds. The molecule has 218 valence electrons. The van der Waals surface area contributed by atoms with E-state index in [9.17, 15) is 23.6 Å². The zero-order valence-electron chi connectivity index (χ0n) is 24.1. The first-order valence-corrected chi connectivity index (χ1v) is 13.8. The van der Waals surface area contributed by atoms with Gasteiger partial charge in [0, 0.05) is 32.0 Å². The van der Waals surface area contributed by atoms with Crippen molar-refractivity contribution < 1.29 is 23.6 Å². The Morgan fingerprint density at radius 3 is 2.19 bits per heavy atom. The number of nitrogens with zero attached hydrogens (tertiary/aromatic N) is 3. The molecule has 1 aliphatic rings. The fourth-order valence-electron chi connectivity index (χ4n) is 5.10. The van der Waals surface area contributed by atoms with E-state index in [2.05, 4.69) is 5.32 Å². The SMILES string of the molecule is Cc1ccccc1CN(C(=O)CN1C(=O)C(=O)c2ccccc21)C(C(=O)Nc1ccc(N(C)C)cc1)c1ccc(F)cc1. The highest BCUT2D eigenvalue weighted by molar-refractivity contribution is 6.52. The van der Waals surface area contributed by atoms with Crippen molar-refractivity contribution in [1.82, 2.24) is 4.90 Å². The molecule has 4 aromatic carbocycles. The van der Waals surface area contributed by atoms with Crippen LogP contribution in [0.25, 0.3) is 0 Å². The van der Waals surface area contributed by atoms with Crippen LogP contribution in [0.1, 0.15) is 33.1 Å². The largest absolute Gasteiger partial charge is 0.378 e. The fraction of sp³-hybridized carbons (Fsp3) is 0.176. The van der Waals surface area contributed by atoms with Gasteiger partial charge in [-0.05, 0) is 72.1 Å². The summed E-state index contributed by atoms with van der Waals surface area (Å²) >= 11 is 0. The zero-order valence-corrected chi connectivity index (χ0v) is 24.1. The molecular weight excluding hydrogens is 547 g/mol. The average molecular weight is 579 g/mol.